The third-order valence-electron chi connectivity index (χ3n) is 5.35. The minimum atomic E-state index is -0.491. The fraction of sp³-hybridized carbons (Fsp3) is 0.292. The van der Waals surface area contributed by atoms with Crippen molar-refractivity contribution in [2.24, 2.45) is 0 Å². The molecule has 2 aromatic rings. The van der Waals surface area contributed by atoms with Gasteiger partial charge in [-0.25, -0.2) is 9.59 Å². The lowest BCUT2D eigenvalue weighted by molar-refractivity contribution is -0.140. The molecule has 2 amide bonds. The van der Waals surface area contributed by atoms with Gasteiger partial charge in [-0.2, -0.15) is 0 Å². The molecule has 0 aromatic heterocycles. The molecule has 10 heteroatoms. The zero-order valence-corrected chi connectivity index (χ0v) is 20.3. The lowest BCUT2D eigenvalue weighted by Crippen LogP contribution is -2.46. The van der Waals surface area contributed by atoms with Crippen LogP contribution in [0.25, 0.3) is 0 Å². The molecule has 1 aliphatic heterocycles. The first-order chi connectivity index (χ1) is 16.3. The normalized spacial score (nSPS) is 15.5. The zero-order valence-electron chi connectivity index (χ0n) is 19.5. The summed E-state index contributed by atoms with van der Waals surface area (Å²) in [5, 5.41) is 9.24. The molecule has 9 nitrogen and oxygen atoms in total. The summed E-state index contributed by atoms with van der Waals surface area (Å²) in [5.41, 5.74) is 3.09. The number of para-hydroxylation sites is 2. The van der Waals surface area contributed by atoms with Gasteiger partial charge < -0.3 is 35.1 Å². The number of rotatable bonds is 8. The number of benzene rings is 2. The molecular formula is C24H28N4O5S. The summed E-state index contributed by atoms with van der Waals surface area (Å²) >= 11 is 5.43. The topological polar surface area (TPSA) is 101 Å². The smallest absolute Gasteiger partial charge is 0.338 e. The van der Waals surface area contributed by atoms with Crippen LogP contribution in [0.1, 0.15) is 18.5 Å². The Morgan fingerprint density at radius 1 is 1.06 bits per heavy atom. The van der Waals surface area contributed by atoms with E-state index in [4.69, 9.17) is 26.4 Å². The number of amides is 2. The molecule has 0 saturated carbocycles. The first-order valence-corrected chi connectivity index (χ1v) is 11.0. The van der Waals surface area contributed by atoms with Crippen LogP contribution < -0.4 is 20.7 Å². The van der Waals surface area contributed by atoms with Crippen molar-refractivity contribution in [3.05, 3.63) is 65.4 Å². The first-order valence-electron chi connectivity index (χ1n) is 10.6. The van der Waals surface area contributed by atoms with Crippen LogP contribution in [-0.2, 0) is 14.3 Å². The Bertz CT molecular complexity index is 1090. The van der Waals surface area contributed by atoms with Crippen LogP contribution in [0.3, 0.4) is 0 Å². The number of nitrogens with one attached hydrogen (secondary N) is 3. The number of carbonyl (C=O) groups excluding carboxylic acids is 2. The van der Waals surface area contributed by atoms with Crippen molar-refractivity contribution in [3.63, 3.8) is 0 Å². The van der Waals surface area contributed by atoms with E-state index in [1.807, 2.05) is 25.1 Å². The van der Waals surface area contributed by atoms with Crippen molar-refractivity contribution < 1.29 is 23.8 Å². The highest BCUT2D eigenvalue weighted by atomic mass is 32.1. The van der Waals surface area contributed by atoms with Crippen molar-refractivity contribution in [2.75, 3.05) is 45.1 Å². The van der Waals surface area contributed by atoms with Gasteiger partial charge in [0.05, 0.1) is 31.0 Å². The third-order valence-corrected chi connectivity index (χ3v) is 5.74. The standard InChI is InChI=1S/C24H28N4O5S/c1-15-20(22(29)33-14-13-31-3)21(27-24(34)28(15)2)16-9-11-17(12-10-16)25-23(30)26-18-7-5-6-8-19(18)32-4/h5-12,21H,13-14H2,1-4H3,(H,27,34)(H2,25,26,30)/t21-/m1/s1. The van der Waals surface area contributed by atoms with E-state index in [0.717, 1.165) is 5.56 Å². The summed E-state index contributed by atoms with van der Waals surface area (Å²) in [6, 6.07) is 13.4. The molecule has 0 aliphatic carbocycles. The molecule has 180 valence electrons. The summed E-state index contributed by atoms with van der Waals surface area (Å²) in [6.45, 7) is 2.28. The Kier molecular flexibility index (Phi) is 8.44. The molecule has 1 atom stereocenters. The van der Waals surface area contributed by atoms with Gasteiger partial charge in [-0.15, -0.1) is 0 Å². The SMILES string of the molecule is COCCOC(=O)C1=C(C)N(C)C(=S)N[C@@H]1c1ccc(NC(=O)Nc2ccccc2OC)cc1. The maximum absolute atomic E-state index is 12.8. The number of urea groups is 1. The molecule has 3 N–H and O–H groups in total. The highest BCUT2D eigenvalue weighted by Gasteiger charge is 2.33. The number of thiocarbonyl (C=S) groups is 1. The molecule has 1 heterocycles. The average Bonchev–Trinajstić information content (AvgIpc) is 2.83. The van der Waals surface area contributed by atoms with Crippen LogP contribution in [0.5, 0.6) is 5.75 Å². The summed E-state index contributed by atoms with van der Waals surface area (Å²) in [4.78, 5) is 27.0. The highest BCUT2D eigenvalue weighted by Crippen LogP contribution is 2.31. The number of methoxy groups -OCH3 is 2. The Balaban J connectivity index is 1.75. The van der Waals surface area contributed by atoms with Crippen molar-refractivity contribution in [1.82, 2.24) is 10.2 Å². The summed E-state index contributed by atoms with van der Waals surface area (Å²) in [5.74, 6) is 0.115. The van der Waals surface area contributed by atoms with Crippen molar-refractivity contribution in [1.29, 1.82) is 0 Å². The Hall–Kier alpha value is -3.63. The predicted octanol–water partition coefficient (Wildman–Crippen LogP) is 3.66. The molecule has 3 rings (SSSR count). The maximum Gasteiger partial charge on any atom is 0.338 e. The van der Waals surface area contributed by atoms with Crippen molar-refractivity contribution in [3.8, 4) is 5.75 Å². The fourth-order valence-electron chi connectivity index (χ4n) is 3.44. The maximum atomic E-state index is 12.8. The number of anilines is 2. The monoisotopic (exact) mass is 484 g/mol. The van der Waals surface area contributed by atoms with E-state index in [1.54, 1.807) is 49.4 Å². The van der Waals surface area contributed by atoms with Gasteiger partial charge in [0.1, 0.15) is 12.4 Å². The van der Waals surface area contributed by atoms with Gasteiger partial charge in [-0.05, 0) is 49.0 Å². The average molecular weight is 485 g/mol. The van der Waals surface area contributed by atoms with Gasteiger partial charge >= 0.3 is 12.0 Å². The number of carbonyl (C=O) groups is 2. The number of esters is 1. The van der Waals surface area contributed by atoms with Crippen LogP contribution in [0.15, 0.2) is 59.8 Å². The molecule has 34 heavy (non-hydrogen) atoms. The van der Waals surface area contributed by atoms with E-state index < -0.39 is 18.0 Å². The van der Waals surface area contributed by atoms with Crippen LogP contribution >= 0.6 is 12.2 Å². The molecule has 0 fully saturated rings. The van der Waals surface area contributed by atoms with E-state index in [-0.39, 0.29) is 6.61 Å². The molecule has 0 saturated heterocycles. The minimum absolute atomic E-state index is 0.150. The summed E-state index contributed by atoms with van der Waals surface area (Å²) in [7, 11) is 4.87. The lowest BCUT2D eigenvalue weighted by atomic mass is 9.95. The largest absolute Gasteiger partial charge is 0.495 e. The summed E-state index contributed by atoms with van der Waals surface area (Å²) < 4.78 is 15.6. The molecule has 0 spiro atoms. The van der Waals surface area contributed by atoms with E-state index in [0.29, 0.717) is 40.1 Å². The Morgan fingerprint density at radius 2 is 1.76 bits per heavy atom. The molecular weight excluding hydrogens is 456 g/mol. The number of allylic oxidation sites excluding steroid dienone is 1. The number of hydrogen-bond acceptors (Lipinski definition) is 6. The van der Waals surface area contributed by atoms with Gasteiger partial charge in [0.25, 0.3) is 0 Å². The molecule has 1 aliphatic rings. The van der Waals surface area contributed by atoms with E-state index in [2.05, 4.69) is 16.0 Å². The van der Waals surface area contributed by atoms with Gasteiger partial charge in [0, 0.05) is 25.5 Å². The molecule has 0 unspecified atom stereocenters. The third kappa shape index (κ3) is 5.83. The van der Waals surface area contributed by atoms with Gasteiger partial charge in [-0.3, -0.25) is 0 Å². The zero-order chi connectivity index (χ0) is 24.7. The number of hydrogen-bond donors (Lipinski definition) is 3. The minimum Gasteiger partial charge on any atom is -0.495 e. The fourth-order valence-corrected chi connectivity index (χ4v) is 3.69. The number of ether oxygens (including phenoxy) is 3. The summed E-state index contributed by atoms with van der Waals surface area (Å²) in [6.07, 6.45) is 0. The van der Waals surface area contributed by atoms with E-state index in [1.165, 1.54) is 7.11 Å². The molecule has 0 radical (unpaired) electrons. The van der Waals surface area contributed by atoms with Crippen LogP contribution in [0.2, 0.25) is 0 Å². The second-order valence-electron chi connectivity index (χ2n) is 7.47. The lowest BCUT2D eigenvalue weighted by Gasteiger charge is -2.35. The highest BCUT2D eigenvalue weighted by molar-refractivity contribution is 7.80. The Morgan fingerprint density at radius 3 is 2.44 bits per heavy atom. The predicted molar refractivity (Wildman–Crippen MR) is 134 cm³/mol. The van der Waals surface area contributed by atoms with E-state index >= 15 is 0 Å². The van der Waals surface area contributed by atoms with E-state index in [9.17, 15) is 9.59 Å². The molecule has 0 bridgehead atoms. The van der Waals surface area contributed by atoms with Gasteiger partial charge in [-0.1, -0.05) is 24.3 Å². The molecule has 2 aromatic carbocycles. The van der Waals surface area contributed by atoms with Crippen molar-refractivity contribution in [2.45, 2.75) is 13.0 Å². The van der Waals surface area contributed by atoms with Crippen LogP contribution in [0, 0.1) is 0 Å². The van der Waals surface area contributed by atoms with Crippen LogP contribution in [-0.4, -0.2) is 56.5 Å². The second kappa shape index (κ2) is 11.5. The van der Waals surface area contributed by atoms with Gasteiger partial charge in [0.2, 0.25) is 0 Å². The van der Waals surface area contributed by atoms with Crippen molar-refractivity contribution >= 4 is 40.7 Å². The number of nitrogens with zero attached hydrogens (tertiary/aromatic N) is 1. The van der Waals surface area contributed by atoms with Gasteiger partial charge in [0.15, 0.2) is 5.11 Å². The second-order valence-corrected chi connectivity index (χ2v) is 7.86. The Labute approximate surface area is 204 Å². The van der Waals surface area contributed by atoms with Crippen LogP contribution in [0.4, 0.5) is 16.2 Å². The quantitative estimate of drug-likeness (QED) is 0.297. The first kappa shape index (κ1) is 25.0.